The number of nitrogens with two attached hydrogens (primary N) is 1. The van der Waals surface area contributed by atoms with Crippen LogP contribution < -0.4 is 5.73 Å². The molecule has 0 aromatic carbocycles. The summed E-state index contributed by atoms with van der Waals surface area (Å²) in [6, 6.07) is 2.25. The number of hydrogen-bond donors (Lipinski definition) is 1. The molecule has 1 aromatic rings. The second-order valence-electron chi connectivity index (χ2n) is 3.13. The third kappa shape index (κ3) is 1.21. The normalized spacial score (nSPS) is 23.2. The lowest BCUT2D eigenvalue weighted by Crippen LogP contribution is -2.16. The van der Waals surface area contributed by atoms with E-state index in [0.29, 0.717) is 5.92 Å². The van der Waals surface area contributed by atoms with Crippen LogP contribution in [0.2, 0.25) is 0 Å². The van der Waals surface area contributed by atoms with Gasteiger partial charge in [-0.1, -0.05) is 0 Å². The van der Waals surface area contributed by atoms with Crippen molar-refractivity contribution in [1.29, 1.82) is 0 Å². The summed E-state index contributed by atoms with van der Waals surface area (Å²) < 4.78 is 0. The lowest BCUT2D eigenvalue weighted by atomic mass is 9.90. The van der Waals surface area contributed by atoms with Gasteiger partial charge in [0.2, 0.25) is 0 Å². The molecule has 1 aliphatic rings. The third-order valence-electron chi connectivity index (χ3n) is 2.43. The maximum atomic E-state index is 5.68. The van der Waals surface area contributed by atoms with Crippen molar-refractivity contribution in [3.8, 4) is 0 Å². The molecule has 0 saturated carbocycles. The smallest absolute Gasteiger partial charge is 0.0121 e. The first-order valence-electron chi connectivity index (χ1n) is 4.18. The highest BCUT2D eigenvalue weighted by atomic mass is 32.1. The van der Waals surface area contributed by atoms with Gasteiger partial charge in [0.15, 0.2) is 0 Å². The van der Waals surface area contributed by atoms with Crippen LogP contribution in [0, 0.1) is 0 Å². The van der Waals surface area contributed by atoms with E-state index < -0.39 is 0 Å². The molecule has 1 atom stereocenters. The number of hydrogen-bond acceptors (Lipinski definition) is 2. The van der Waals surface area contributed by atoms with Crippen molar-refractivity contribution in [3.05, 3.63) is 21.9 Å². The van der Waals surface area contributed by atoms with Crippen LogP contribution in [0.5, 0.6) is 0 Å². The van der Waals surface area contributed by atoms with Crippen LogP contribution in [0.3, 0.4) is 0 Å². The largest absolute Gasteiger partial charge is 0.330 e. The van der Waals surface area contributed by atoms with Crippen molar-refractivity contribution in [2.45, 2.75) is 25.2 Å². The summed E-state index contributed by atoms with van der Waals surface area (Å²) >= 11 is 1.88. The summed E-state index contributed by atoms with van der Waals surface area (Å²) in [6.45, 7) is 0.827. The van der Waals surface area contributed by atoms with E-state index in [-0.39, 0.29) is 0 Å². The highest BCUT2D eigenvalue weighted by Crippen LogP contribution is 2.34. The first-order valence-corrected chi connectivity index (χ1v) is 5.06. The molecule has 2 N–H and O–H groups in total. The molecule has 2 rings (SSSR count). The molecule has 0 fully saturated rings. The van der Waals surface area contributed by atoms with Gasteiger partial charge in [-0.2, -0.15) is 0 Å². The second kappa shape index (κ2) is 2.95. The summed E-state index contributed by atoms with van der Waals surface area (Å²) in [5, 5.41) is 2.19. The van der Waals surface area contributed by atoms with E-state index in [4.69, 9.17) is 5.73 Å². The van der Waals surface area contributed by atoms with E-state index in [1.807, 2.05) is 11.3 Å². The fourth-order valence-corrected chi connectivity index (χ4v) is 2.91. The number of rotatable bonds is 1. The molecule has 1 heterocycles. The van der Waals surface area contributed by atoms with Crippen LogP contribution >= 0.6 is 11.3 Å². The lowest BCUT2D eigenvalue weighted by molar-refractivity contribution is 0.571. The zero-order chi connectivity index (χ0) is 7.68. The Balaban J connectivity index is 2.32. The molecule has 1 nitrogen and oxygen atoms in total. The molecule has 2 heteroatoms. The topological polar surface area (TPSA) is 26.0 Å². The number of thiophene rings is 1. The average molecular weight is 167 g/mol. The van der Waals surface area contributed by atoms with Gasteiger partial charge in [-0.05, 0) is 42.8 Å². The fourth-order valence-electron chi connectivity index (χ4n) is 1.81. The first-order chi connectivity index (χ1) is 5.42. The van der Waals surface area contributed by atoms with Gasteiger partial charge in [-0.25, -0.2) is 0 Å². The molecular formula is C9H13NS. The SMILES string of the molecule is NCC1CCCc2ccsc21. The summed E-state index contributed by atoms with van der Waals surface area (Å²) in [5.41, 5.74) is 7.24. The minimum atomic E-state index is 0.666. The van der Waals surface area contributed by atoms with Gasteiger partial charge in [-0.3, -0.25) is 0 Å². The summed E-state index contributed by atoms with van der Waals surface area (Å²) in [6.07, 6.45) is 3.89. The molecule has 11 heavy (non-hydrogen) atoms. The van der Waals surface area contributed by atoms with E-state index in [9.17, 15) is 0 Å². The van der Waals surface area contributed by atoms with Crippen molar-refractivity contribution in [2.75, 3.05) is 6.54 Å². The lowest BCUT2D eigenvalue weighted by Gasteiger charge is -2.20. The average Bonchev–Trinajstić information content (AvgIpc) is 2.50. The second-order valence-corrected chi connectivity index (χ2v) is 4.08. The Morgan fingerprint density at radius 1 is 1.64 bits per heavy atom. The van der Waals surface area contributed by atoms with Crippen molar-refractivity contribution in [3.63, 3.8) is 0 Å². The molecule has 1 aromatic heterocycles. The molecule has 0 saturated heterocycles. The predicted molar refractivity (Wildman–Crippen MR) is 49.1 cm³/mol. The van der Waals surface area contributed by atoms with Crippen molar-refractivity contribution in [1.82, 2.24) is 0 Å². The predicted octanol–water partition coefficient (Wildman–Crippen LogP) is 2.13. The highest BCUT2D eigenvalue weighted by molar-refractivity contribution is 7.10. The van der Waals surface area contributed by atoms with Gasteiger partial charge in [0.25, 0.3) is 0 Å². The quantitative estimate of drug-likeness (QED) is 0.681. The van der Waals surface area contributed by atoms with Gasteiger partial charge in [0.1, 0.15) is 0 Å². The molecule has 0 amide bonds. The fraction of sp³-hybridized carbons (Fsp3) is 0.556. The molecule has 0 spiro atoms. The Kier molecular flexibility index (Phi) is 1.96. The van der Waals surface area contributed by atoms with Crippen LogP contribution in [0.25, 0.3) is 0 Å². The van der Waals surface area contributed by atoms with Gasteiger partial charge >= 0.3 is 0 Å². The molecule has 1 unspecified atom stereocenters. The van der Waals surface area contributed by atoms with E-state index >= 15 is 0 Å². The Morgan fingerprint density at radius 3 is 3.36 bits per heavy atom. The van der Waals surface area contributed by atoms with Crippen LogP contribution in [0.1, 0.15) is 29.2 Å². The zero-order valence-electron chi connectivity index (χ0n) is 6.55. The number of fused-ring (bicyclic) bond motifs is 1. The van der Waals surface area contributed by atoms with Gasteiger partial charge in [-0.15, -0.1) is 11.3 Å². The number of aryl methyl sites for hydroxylation is 1. The molecule has 1 aliphatic carbocycles. The van der Waals surface area contributed by atoms with Crippen LogP contribution in [-0.2, 0) is 6.42 Å². The molecule has 60 valence electrons. The van der Waals surface area contributed by atoms with Gasteiger partial charge in [0, 0.05) is 10.8 Å². The monoisotopic (exact) mass is 167 g/mol. The minimum absolute atomic E-state index is 0.666. The van der Waals surface area contributed by atoms with Crippen LogP contribution in [-0.4, -0.2) is 6.54 Å². The van der Waals surface area contributed by atoms with Crippen LogP contribution in [0.15, 0.2) is 11.4 Å². The van der Waals surface area contributed by atoms with E-state index in [1.165, 1.54) is 19.3 Å². The molecule has 0 aliphatic heterocycles. The van der Waals surface area contributed by atoms with Crippen molar-refractivity contribution >= 4 is 11.3 Å². The molecule has 0 radical (unpaired) electrons. The Labute approximate surface area is 71.2 Å². The molecule has 0 bridgehead atoms. The van der Waals surface area contributed by atoms with Gasteiger partial charge in [0.05, 0.1) is 0 Å². The third-order valence-corrected chi connectivity index (χ3v) is 3.56. The Hall–Kier alpha value is -0.340. The van der Waals surface area contributed by atoms with E-state index in [2.05, 4.69) is 11.4 Å². The first kappa shape index (κ1) is 7.32. The van der Waals surface area contributed by atoms with E-state index in [1.54, 1.807) is 10.4 Å². The molecular weight excluding hydrogens is 154 g/mol. The zero-order valence-corrected chi connectivity index (χ0v) is 7.36. The highest BCUT2D eigenvalue weighted by Gasteiger charge is 2.19. The van der Waals surface area contributed by atoms with Crippen LogP contribution in [0.4, 0.5) is 0 Å². The van der Waals surface area contributed by atoms with Crippen molar-refractivity contribution in [2.24, 2.45) is 5.73 Å². The summed E-state index contributed by atoms with van der Waals surface area (Å²) in [7, 11) is 0. The van der Waals surface area contributed by atoms with E-state index in [0.717, 1.165) is 6.54 Å². The maximum absolute atomic E-state index is 5.68. The summed E-state index contributed by atoms with van der Waals surface area (Å²) in [4.78, 5) is 1.55. The van der Waals surface area contributed by atoms with Gasteiger partial charge < -0.3 is 5.73 Å². The maximum Gasteiger partial charge on any atom is 0.0121 e. The minimum Gasteiger partial charge on any atom is -0.330 e. The standard InChI is InChI=1S/C9H13NS/c10-6-8-3-1-2-7-4-5-11-9(7)8/h4-5,8H,1-3,6,10H2. The Bertz CT molecular complexity index is 241. The Morgan fingerprint density at radius 2 is 2.55 bits per heavy atom. The van der Waals surface area contributed by atoms with Crippen molar-refractivity contribution < 1.29 is 0 Å². The summed E-state index contributed by atoms with van der Waals surface area (Å²) in [5.74, 6) is 0.666.